The largest absolute Gasteiger partial charge is 0.399 e. The molecule has 58 valence electrons. The maximum Gasteiger partial charge on any atom is 0.304 e. The lowest BCUT2D eigenvalue weighted by Crippen LogP contribution is -2.02. The van der Waals surface area contributed by atoms with Crippen LogP contribution < -0.4 is 5.73 Å². The highest BCUT2D eigenvalue weighted by atomic mass is 28.3. The highest BCUT2D eigenvalue weighted by Gasteiger charge is 1.79. The molecule has 0 aliphatic carbocycles. The summed E-state index contributed by atoms with van der Waals surface area (Å²) in [6.45, 7) is 5.55. The van der Waals surface area contributed by atoms with Crippen molar-refractivity contribution in [2.24, 2.45) is 5.73 Å². The maximum atomic E-state index is 4.99. The van der Waals surface area contributed by atoms with Crippen LogP contribution in [0.1, 0.15) is 13.8 Å². The Bertz CT molecular complexity index is 34.1. The Balaban J connectivity index is 0. The molecule has 2 N–H and O–H groups in total. The van der Waals surface area contributed by atoms with E-state index in [1.54, 1.807) is 0 Å². The van der Waals surface area contributed by atoms with Gasteiger partial charge in [-0.3, -0.25) is 0 Å². The molecule has 0 saturated carbocycles. The number of hydrogen-bond acceptors (Lipinski definition) is 3. The van der Waals surface area contributed by atoms with E-state index >= 15 is 0 Å². The van der Waals surface area contributed by atoms with Crippen molar-refractivity contribution in [2.45, 2.75) is 13.8 Å². The maximum absolute atomic E-state index is 4.99. The average Bonchev–Trinajstić information content (AvgIpc) is 1.94. The van der Waals surface area contributed by atoms with Crippen molar-refractivity contribution in [1.82, 2.24) is 0 Å². The molecule has 9 heavy (non-hydrogen) atoms. The van der Waals surface area contributed by atoms with Crippen LogP contribution in [0.2, 0.25) is 0 Å². The molecule has 0 aromatic heterocycles. The van der Waals surface area contributed by atoms with Gasteiger partial charge >= 0.3 is 10.0 Å². The smallest absolute Gasteiger partial charge is 0.304 e. The Labute approximate surface area is 59.6 Å². The van der Waals surface area contributed by atoms with Crippen molar-refractivity contribution in [3.8, 4) is 0 Å². The molecule has 0 spiro atoms. The molecule has 0 atom stereocenters. The van der Waals surface area contributed by atoms with Crippen molar-refractivity contribution in [3.05, 3.63) is 0 Å². The van der Waals surface area contributed by atoms with Gasteiger partial charge in [-0.2, -0.15) is 0 Å². The molecule has 0 heterocycles. The summed E-state index contributed by atoms with van der Waals surface area (Å²) in [6, 6.07) is 0. The topological polar surface area (TPSA) is 44.5 Å². The van der Waals surface area contributed by atoms with Gasteiger partial charge in [0.15, 0.2) is 0 Å². The molecule has 0 saturated heterocycles. The van der Waals surface area contributed by atoms with Crippen LogP contribution in [-0.4, -0.2) is 30.3 Å². The minimum Gasteiger partial charge on any atom is -0.399 e. The Kier molecular flexibility index (Phi) is 20.7. The monoisotopic (exact) mass is 151 g/mol. The third-order valence-electron chi connectivity index (χ3n) is 0.575. The molecule has 0 radical (unpaired) electrons. The van der Waals surface area contributed by atoms with Crippen LogP contribution >= 0.6 is 0 Å². The Morgan fingerprint density at radius 1 is 1.11 bits per heavy atom. The van der Waals surface area contributed by atoms with E-state index < -0.39 is 10.0 Å². The molecule has 0 aliphatic heterocycles. The normalized spacial score (nSPS) is 8.00. The van der Waals surface area contributed by atoms with Gasteiger partial charge in [0.05, 0.1) is 0 Å². The summed E-state index contributed by atoms with van der Waals surface area (Å²) in [5.41, 5.74) is 4.50. The van der Waals surface area contributed by atoms with Crippen molar-refractivity contribution >= 4 is 10.0 Å². The summed E-state index contributed by atoms with van der Waals surface area (Å²) in [6.07, 6.45) is 0. The standard InChI is InChI=1S/C4H12O2Si.CH5N/c1-3-5-7-6-4-2;1-2/h3-4,7H2,1-2H3;2H2,1H3. The van der Waals surface area contributed by atoms with Crippen molar-refractivity contribution in [3.63, 3.8) is 0 Å². The lowest BCUT2D eigenvalue weighted by Gasteiger charge is -1.96. The first-order valence-electron chi connectivity index (χ1n) is 3.15. The first-order valence-corrected chi connectivity index (χ1v) is 4.30. The van der Waals surface area contributed by atoms with E-state index in [4.69, 9.17) is 8.85 Å². The van der Waals surface area contributed by atoms with Gasteiger partial charge < -0.3 is 14.6 Å². The third kappa shape index (κ3) is 17.9. The second-order valence-electron chi connectivity index (χ2n) is 1.10. The molecule has 3 nitrogen and oxygen atoms in total. The lowest BCUT2D eigenvalue weighted by atomic mass is 10.9. The van der Waals surface area contributed by atoms with Gasteiger partial charge in [0, 0.05) is 13.2 Å². The quantitative estimate of drug-likeness (QED) is 0.440. The highest BCUT2D eigenvalue weighted by molar-refractivity contribution is 6.17. The minimum atomic E-state index is -0.589. The molecule has 0 rings (SSSR count). The van der Waals surface area contributed by atoms with Gasteiger partial charge in [-0.25, -0.2) is 0 Å². The zero-order valence-corrected chi connectivity index (χ0v) is 7.93. The number of rotatable bonds is 4. The fraction of sp³-hybridized carbons (Fsp3) is 1.00. The summed E-state index contributed by atoms with van der Waals surface area (Å²) in [5, 5.41) is 0. The van der Waals surface area contributed by atoms with Crippen LogP contribution in [0.25, 0.3) is 0 Å². The van der Waals surface area contributed by atoms with Gasteiger partial charge in [0.2, 0.25) is 0 Å². The highest BCUT2D eigenvalue weighted by Crippen LogP contribution is 1.70. The first-order chi connectivity index (χ1) is 4.41. The van der Waals surface area contributed by atoms with Crippen LogP contribution in [0.3, 0.4) is 0 Å². The predicted molar refractivity (Wildman–Crippen MR) is 41.9 cm³/mol. The van der Waals surface area contributed by atoms with Gasteiger partial charge in [-0.15, -0.1) is 0 Å². The van der Waals surface area contributed by atoms with E-state index in [1.807, 2.05) is 13.8 Å². The Morgan fingerprint density at radius 3 is 1.67 bits per heavy atom. The van der Waals surface area contributed by atoms with Crippen LogP contribution in [0, 0.1) is 0 Å². The molecule has 0 aromatic carbocycles. The molecule has 0 amide bonds. The zero-order chi connectivity index (χ0) is 7.54. The SMILES string of the molecule is CCO[SiH2]OCC.CN. The summed E-state index contributed by atoms with van der Waals surface area (Å²) in [4.78, 5) is 0. The average molecular weight is 151 g/mol. The fourth-order valence-electron chi connectivity index (χ4n) is 0.226. The van der Waals surface area contributed by atoms with E-state index in [9.17, 15) is 0 Å². The first kappa shape index (κ1) is 11.8. The van der Waals surface area contributed by atoms with E-state index in [0.717, 1.165) is 13.2 Å². The van der Waals surface area contributed by atoms with E-state index in [2.05, 4.69) is 5.73 Å². The number of hydrogen-bond donors (Lipinski definition) is 1. The Morgan fingerprint density at radius 2 is 1.44 bits per heavy atom. The Hall–Kier alpha value is 0.0969. The van der Waals surface area contributed by atoms with Gasteiger partial charge in [0.25, 0.3) is 0 Å². The molecule has 0 aromatic rings. The van der Waals surface area contributed by atoms with Crippen LogP contribution in [-0.2, 0) is 8.85 Å². The molecule has 0 unspecified atom stereocenters. The molecule has 0 bridgehead atoms. The molecular formula is C5H17NO2Si. The molecular weight excluding hydrogens is 134 g/mol. The van der Waals surface area contributed by atoms with E-state index in [0.29, 0.717) is 0 Å². The summed E-state index contributed by atoms with van der Waals surface area (Å²) in [5.74, 6) is 0. The van der Waals surface area contributed by atoms with Crippen LogP contribution in [0.15, 0.2) is 0 Å². The summed E-state index contributed by atoms with van der Waals surface area (Å²) < 4.78 is 9.98. The second-order valence-corrected chi connectivity index (χ2v) is 2.16. The molecule has 0 aliphatic rings. The number of nitrogens with two attached hydrogens (primary N) is 1. The third-order valence-corrected chi connectivity index (χ3v) is 1.72. The van der Waals surface area contributed by atoms with Crippen LogP contribution in [0.5, 0.6) is 0 Å². The minimum absolute atomic E-state index is 0.589. The second kappa shape index (κ2) is 15.7. The van der Waals surface area contributed by atoms with Gasteiger partial charge in [0.1, 0.15) is 0 Å². The molecule has 4 heteroatoms. The zero-order valence-electron chi connectivity index (χ0n) is 6.52. The summed E-state index contributed by atoms with van der Waals surface area (Å²) >= 11 is 0. The summed E-state index contributed by atoms with van der Waals surface area (Å²) in [7, 11) is 0.911. The van der Waals surface area contributed by atoms with Crippen LogP contribution in [0.4, 0.5) is 0 Å². The van der Waals surface area contributed by atoms with E-state index in [1.165, 1.54) is 7.05 Å². The fourth-order valence-corrected chi connectivity index (χ4v) is 0.677. The van der Waals surface area contributed by atoms with Gasteiger partial charge in [-0.1, -0.05) is 0 Å². The van der Waals surface area contributed by atoms with Crippen molar-refractivity contribution in [2.75, 3.05) is 20.3 Å². The van der Waals surface area contributed by atoms with E-state index in [-0.39, 0.29) is 0 Å². The predicted octanol–water partition coefficient (Wildman–Crippen LogP) is -0.367. The lowest BCUT2D eigenvalue weighted by molar-refractivity contribution is 0.240. The van der Waals surface area contributed by atoms with Gasteiger partial charge in [-0.05, 0) is 20.9 Å². The van der Waals surface area contributed by atoms with Crippen molar-refractivity contribution in [1.29, 1.82) is 0 Å². The van der Waals surface area contributed by atoms with Crippen molar-refractivity contribution < 1.29 is 8.85 Å². The molecule has 0 fully saturated rings.